The van der Waals surface area contributed by atoms with Gasteiger partial charge in [0.1, 0.15) is 6.04 Å². The Morgan fingerprint density at radius 3 is 2.50 bits per heavy atom. The molecule has 0 spiro atoms. The van der Waals surface area contributed by atoms with Crippen LogP contribution in [0.25, 0.3) is 0 Å². The van der Waals surface area contributed by atoms with Crippen LogP contribution in [0.3, 0.4) is 0 Å². The van der Waals surface area contributed by atoms with Crippen molar-refractivity contribution in [2.24, 2.45) is 11.8 Å². The number of carbonyl (C=O) groups is 3. The third kappa shape index (κ3) is 6.01. The summed E-state index contributed by atoms with van der Waals surface area (Å²) < 4.78 is 57.6. The zero-order chi connectivity index (χ0) is 22.8. The fourth-order valence-corrected chi connectivity index (χ4v) is 1.77. The Morgan fingerprint density at radius 1 is 1.32 bits per heavy atom. The summed E-state index contributed by atoms with van der Waals surface area (Å²) in [5.41, 5.74) is 0. The van der Waals surface area contributed by atoms with Gasteiger partial charge in [-0.1, -0.05) is 27.6 Å². The first-order chi connectivity index (χ1) is 13.0. The summed E-state index contributed by atoms with van der Waals surface area (Å²) in [6.07, 6.45) is -3.22. The van der Waals surface area contributed by atoms with E-state index in [0.717, 1.165) is 0 Å². The molecule has 7 nitrogen and oxygen atoms in total. The SMILES string of the molecule is [2H]C([2H])([2H])C([2H])(CC(NC(=O)C1OC1C(=O)O)C(=O)NCCC(C)C)C([2H])([2H])[2H]. The molecule has 1 aliphatic heterocycles. The van der Waals surface area contributed by atoms with E-state index >= 15 is 0 Å². The lowest BCUT2D eigenvalue weighted by Gasteiger charge is -2.20. The third-order valence-corrected chi connectivity index (χ3v) is 3.06. The fourth-order valence-electron chi connectivity index (χ4n) is 1.77. The number of ether oxygens (including phenoxy) is 1. The molecule has 0 bridgehead atoms. The van der Waals surface area contributed by atoms with Crippen LogP contribution in [0.1, 0.15) is 50.0 Å². The molecule has 0 aromatic heterocycles. The van der Waals surface area contributed by atoms with Gasteiger partial charge in [0.25, 0.3) is 5.91 Å². The smallest absolute Gasteiger partial charge is 0.336 e. The topological polar surface area (TPSA) is 108 Å². The van der Waals surface area contributed by atoms with Gasteiger partial charge in [-0.25, -0.2) is 4.79 Å². The van der Waals surface area contributed by atoms with Crippen LogP contribution in [0.4, 0.5) is 0 Å². The lowest BCUT2D eigenvalue weighted by atomic mass is 10.0. The van der Waals surface area contributed by atoms with E-state index in [1.807, 2.05) is 13.8 Å². The van der Waals surface area contributed by atoms with Gasteiger partial charge >= 0.3 is 5.97 Å². The number of carbonyl (C=O) groups excluding carboxylic acids is 2. The standard InChI is InChI=1S/C15H26N2O5/c1-8(2)5-6-16-13(18)10(7-9(3)4)17-14(19)11-12(22-11)15(20)21/h8-12H,5-7H2,1-4H3,(H,16,18)(H,17,19)(H,20,21)/i3D3,4D3,9D. The van der Waals surface area contributed by atoms with Crippen molar-refractivity contribution in [1.29, 1.82) is 0 Å². The molecule has 0 saturated carbocycles. The summed E-state index contributed by atoms with van der Waals surface area (Å²) in [6.45, 7) is -2.56. The third-order valence-electron chi connectivity index (χ3n) is 3.06. The molecule has 0 aliphatic carbocycles. The van der Waals surface area contributed by atoms with Crippen LogP contribution in [0, 0.1) is 11.8 Å². The van der Waals surface area contributed by atoms with Crippen molar-refractivity contribution < 1.29 is 33.8 Å². The molecule has 0 radical (unpaired) electrons. The molecule has 1 rings (SSSR count). The fraction of sp³-hybridized carbons (Fsp3) is 0.800. The molecule has 0 aromatic rings. The van der Waals surface area contributed by atoms with E-state index in [4.69, 9.17) is 14.7 Å². The van der Waals surface area contributed by atoms with E-state index in [1.165, 1.54) is 0 Å². The monoisotopic (exact) mass is 321 g/mol. The van der Waals surface area contributed by atoms with Crippen molar-refractivity contribution >= 4 is 17.8 Å². The summed E-state index contributed by atoms with van der Waals surface area (Å²) in [5.74, 6) is -6.05. The molecule has 2 amide bonds. The van der Waals surface area contributed by atoms with E-state index < -0.39 is 62.1 Å². The van der Waals surface area contributed by atoms with Gasteiger partial charge in [0.05, 0.1) is 0 Å². The second-order valence-corrected chi connectivity index (χ2v) is 5.53. The summed E-state index contributed by atoms with van der Waals surface area (Å²) in [4.78, 5) is 35.5. The molecule has 3 atom stereocenters. The van der Waals surface area contributed by atoms with Gasteiger partial charge in [-0.15, -0.1) is 0 Å². The normalized spacial score (nSPS) is 27.9. The molecule has 1 aliphatic rings. The Labute approximate surface area is 140 Å². The van der Waals surface area contributed by atoms with Crippen LogP contribution in [-0.4, -0.2) is 47.7 Å². The molecule has 7 heteroatoms. The van der Waals surface area contributed by atoms with Crippen LogP contribution >= 0.6 is 0 Å². The summed E-state index contributed by atoms with van der Waals surface area (Å²) in [7, 11) is 0. The van der Waals surface area contributed by atoms with Crippen LogP contribution in [0.2, 0.25) is 0 Å². The van der Waals surface area contributed by atoms with E-state index in [9.17, 15) is 14.4 Å². The van der Waals surface area contributed by atoms with Gasteiger partial charge in [0.15, 0.2) is 12.2 Å². The highest BCUT2D eigenvalue weighted by Gasteiger charge is 2.51. The highest BCUT2D eigenvalue weighted by Crippen LogP contribution is 2.22. The van der Waals surface area contributed by atoms with Crippen molar-refractivity contribution in [2.45, 2.75) is 58.6 Å². The first-order valence-electron chi connectivity index (χ1n) is 10.5. The van der Waals surface area contributed by atoms with E-state index in [2.05, 4.69) is 15.4 Å². The summed E-state index contributed by atoms with van der Waals surface area (Å²) >= 11 is 0. The minimum absolute atomic E-state index is 0.188. The molecule has 1 saturated heterocycles. The Hall–Kier alpha value is -1.63. The highest BCUT2D eigenvalue weighted by molar-refractivity contribution is 5.95. The van der Waals surface area contributed by atoms with Gasteiger partial charge in [-0.05, 0) is 24.7 Å². The van der Waals surface area contributed by atoms with Crippen molar-refractivity contribution in [3.05, 3.63) is 0 Å². The van der Waals surface area contributed by atoms with Gasteiger partial charge in [-0.3, -0.25) is 9.59 Å². The van der Waals surface area contributed by atoms with Crippen molar-refractivity contribution in [3.63, 3.8) is 0 Å². The maximum atomic E-state index is 12.5. The first kappa shape index (κ1) is 10.2. The molecule has 126 valence electrons. The predicted molar refractivity (Wildman–Crippen MR) is 80.1 cm³/mol. The zero-order valence-corrected chi connectivity index (χ0v) is 12.5. The van der Waals surface area contributed by atoms with Gasteiger partial charge < -0.3 is 20.5 Å². The molecule has 0 aromatic carbocycles. The lowest BCUT2D eigenvalue weighted by molar-refractivity contribution is -0.138. The molecule has 3 N–H and O–H groups in total. The molecular formula is C15H26N2O5. The first-order valence-corrected chi connectivity index (χ1v) is 6.97. The highest BCUT2D eigenvalue weighted by atomic mass is 16.6. The van der Waals surface area contributed by atoms with Crippen molar-refractivity contribution in [3.8, 4) is 0 Å². The van der Waals surface area contributed by atoms with E-state index in [0.29, 0.717) is 6.42 Å². The number of carboxylic acid groups (broad SMARTS) is 1. The summed E-state index contributed by atoms with van der Waals surface area (Å²) in [5, 5.41) is 13.4. The van der Waals surface area contributed by atoms with Gasteiger partial charge in [0.2, 0.25) is 5.91 Å². The number of amides is 2. The maximum absolute atomic E-state index is 12.5. The van der Waals surface area contributed by atoms with Crippen molar-refractivity contribution in [2.75, 3.05) is 6.54 Å². The van der Waals surface area contributed by atoms with Crippen molar-refractivity contribution in [1.82, 2.24) is 10.6 Å². The number of hydrogen-bond donors (Lipinski definition) is 3. The number of epoxide rings is 1. The minimum Gasteiger partial charge on any atom is -0.479 e. The molecule has 22 heavy (non-hydrogen) atoms. The number of nitrogens with one attached hydrogen (secondary N) is 2. The van der Waals surface area contributed by atoms with Crippen LogP contribution in [0.5, 0.6) is 0 Å². The van der Waals surface area contributed by atoms with Gasteiger partial charge in [0, 0.05) is 16.1 Å². The zero-order valence-electron chi connectivity index (χ0n) is 19.5. The Kier molecular flexibility index (Phi) is 3.77. The van der Waals surface area contributed by atoms with Crippen LogP contribution < -0.4 is 10.6 Å². The summed E-state index contributed by atoms with van der Waals surface area (Å²) in [6, 6.07) is -1.67. The number of hydrogen-bond acceptors (Lipinski definition) is 4. The predicted octanol–water partition coefficient (Wildman–Crippen LogP) is 0.532. The Morgan fingerprint density at radius 2 is 2.00 bits per heavy atom. The molecular weight excluding hydrogens is 288 g/mol. The lowest BCUT2D eigenvalue weighted by Crippen LogP contribution is -2.49. The average molecular weight is 321 g/mol. The Bertz CT molecular complexity index is 622. The largest absolute Gasteiger partial charge is 0.479 e. The van der Waals surface area contributed by atoms with Gasteiger partial charge in [-0.2, -0.15) is 0 Å². The van der Waals surface area contributed by atoms with Crippen LogP contribution in [-0.2, 0) is 19.1 Å². The maximum Gasteiger partial charge on any atom is 0.336 e. The average Bonchev–Trinajstić information content (AvgIpc) is 3.32. The Balaban J connectivity index is 3.04. The molecule has 3 unspecified atom stereocenters. The number of aliphatic carboxylic acids is 1. The number of carboxylic acids is 1. The quantitative estimate of drug-likeness (QED) is 0.537. The second-order valence-electron chi connectivity index (χ2n) is 5.53. The van der Waals surface area contributed by atoms with E-state index in [1.54, 1.807) is 0 Å². The van der Waals surface area contributed by atoms with Crippen LogP contribution in [0.15, 0.2) is 0 Å². The minimum atomic E-state index is -3.28. The second kappa shape index (κ2) is 8.12. The molecule has 1 fully saturated rings. The molecule has 1 heterocycles. The van der Waals surface area contributed by atoms with E-state index in [-0.39, 0.29) is 12.5 Å². The number of rotatable bonds is 9.